The average Bonchev–Trinajstić information content (AvgIpc) is 2.46. The van der Waals surface area contributed by atoms with Crippen LogP contribution in [0.1, 0.15) is 18.4 Å². The smallest absolute Gasteiger partial charge is 0.416 e. The van der Waals surface area contributed by atoms with E-state index in [1.807, 2.05) is 0 Å². The number of carboxylic acids is 1. The minimum Gasteiger partial charge on any atom is -0.481 e. The van der Waals surface area contributed by atoms with Crippen molar-refractivity contribution < 1.29 is 31.5 Å². The van der Waals surface area contributed by atoms with Crippen LogP contribution in [0.5, 0.6) is 0 Å². The van der Waals surface area contributed by atoms with Crippen molar-refractivity contribution in [2.24, 2.45) is 5.92 Å². The van der Waals surface area contributed by atoms with E-state index in [2.05, 4.69) is 0 Å². The summed E-state index contributed by atoms with van der Waals surface area (Å²) in [5.41, 5.74) is -1.05. The zero-order chi connectivity index (χ0) is 17.4. The molecule has 1 atom stereocenters. The van der Waals surface area contributed by atoms with Crippen molar-refractivity contribution in [3.63, 3.8) is 0 Å². The number of aliphatic carboxylic acids is 1. The fourth-order valence-electron chi connectivity index (χ4n) is 2.39. The first-order valence-electron chi connectivity index (χ1n) is 6.63. The summed E-state index contributed by atoms with van der Waals surface area (Å²) < 4.78 is 63.8. The molecule has 1 N–H and O–H groups in total. The molecule has 1 unspecified atom stereocenters. The van der Waals surface area contributed by atoms with Gasteiger partial charge in [-0.3, -0.25) is 4.79 Å². The molecule has 2 rings (SSSR count). The molecule has 1 heterocycles. The van der Waals surface area contributed by atoms with Crippen molar-refractivity contribution in [3.05, 3.63) is 28.8 Å². The average molecular weight is 372 g/mol. The van der Waals surface area contributed by atoms with Crippen LogP contribution < -0.4 is 0 Å². The van der Waals surface area contributed by atoms with E-state index in [1.54, 1.807) is 0 Å². The van der Waals surface area contributed by atoms with Crippen molar-refractivity contribution in [2.45, 2.75) is 23.9 Å². The van der Waals surface area contributed by atoms with Gasteiger partial charge in [-0.05, 0) is 31.0 Å². The van der Waals surface area contributed by atoms with E-state index in [0.29, 0.717) is 25.0 Å². The first-order valence-corrected chi connectivity index (χ1v) is 8.45. The molecule has 0 aromatic heterocycles. The van der Waals surface area contributed by atoms with Crippen LogP contribution in [0.3, 0.4) is 0 Å². The normalized spacial score (nSPS) is 20.4. The van der Waals surface area contributed by atoms with Gasteiger partial charge in [0.2, 0.25) is 10.0 Å². The van der Waals surface area contributed by atoms with Gasteiger partial charge in [0.1, 0.15) is 4.90 Å². The Morgan fingerprint density at radius 2 is 2.00 bits per heavy atom. The zero-order valence-electron chi connectivity index (χ0n) is 11.7. The Bertz CT molecular complexity index is 720. The van der Waals surface area contributed by atoms with E-state index in [9.17, 15) is 26.4 Å². The summed E-state index contributed by atoms with van der Waals surface area (Å²) in [6.45, 7) is -0.127. The van der Waals surface area contributed by atoms with Crippen molar-refractivity contribution in [3.8, 4) is 0 Å². The van der Waals surface area contributed by atoms with Crippen molar-refractivity contribution in [2.75, 3.05) is 13.1 Å². The van der Waals surface area contributed by atoms with E-state index in [0.717, 1.165) is 10.4 Å². The molecule has 0 aliphatic carbocycles. The predicted octanol–water partition coefficient (Wildman–Crippen LogP) is 2.84. The molecule has 1 aliphatic rings. The fourth-order valence-corrected chi connectivity index (χ4v) is 4.43. The van der Waals surface area contributed by atoms with Crippen LogP contribution in [0.2, 0.25) is 5.02 Å². The van der Waals surface area contributed by atoms with Crippen molar-refractivity contribution in [1.29, 1.82) is 0 Å². The summed E-state index contributed by atoms with van der Waals surface area (Å²) >= 11 is 5.72. The number of carboxylic acid groups (broad SMARTS) is 1. The van der Waals surface area contributed by atoms with Crippen LogP contribution >= 0.6 is 11.6 Å². The molecule has 1 aliphatic heterocycles. The highest BCUT2D eigenvalue weighted by Gasteiger charge is 2.36. The second kappa shape index (κ2) is 6.29. The number of alkyl halides is 3. The fraction of sp³-hybridized carbons (Fsp3) is 0.462. The summed E-state index contributed by atoms with van der Waals surface area (Å²) in [4.78, 5) is 10.6. The second-order valence-electron chi connectivity index (χ2n) is 5.18. The third-order valence-corrected chi connectivity index (χ3v) is 5.96. The number of sulfonamides is 1. The molecule has 0 bridgehead atoms. The van der Waals surface area contributed by atoms with Gasteiger partial charge in [-0.25, -0.2) is 8.42 Å². The number of benzene rings is 1. The van der Waals surface area contributed by atoms with E-state index in [1.165, 1.54) is 0 Å². The van der Waals surface area contributed by atoms with Gasteiger partial charge in [0.15, 0.2) is 0 Å². The lowest BCUT2D eigenvalue weighted by atomic mass is 10.0. The summed E-state index contributed by atoms with van der Waals surface area (Å²) in [7, 11) is -4.15. The third kappa shape index (κ3) is 3.78. The molecule has 10 heteroatoms. The number of hydrogen-bond acceptors (Lipinski definition) is 3. The monoisotopic (exact) mass is 371 g/mol. The molecule has 0 amide bonds. The lowest BCUT2D eigenvalue weighted by Crippen LogP contribution is -2.42. The number of halogens is 4. The Morgan fingerprint density at radius 1 is 1.35 bits per heavy atom. The molecule has 0 saturated carbocycles. The van der Waals surface area contributed by atoms with Crippen LogP contribution in [0.4, 0.5) is 13.2 Å². The minimum absolute atomic E-state index is 0.101. The Labute approximate surface area is 135 Å². The highest BCUT2D eigenvalue weighted by atomic mass is 35.5. The SMILES string of the molecule is O=C(O)C1CCCN(S(=O)(=O)c2ccc(C(F)(F)F)cc2Cl)C1. The summed E-state index contributed by atoms with van der Waals surface area (Å²) in [6, 6.07) is 1.98. The summed E-state index contributed by atoms with van der Waals surface area (Å²) in [5, 5.41) is 8.46. The van der Waals surface area contributed by atoms with Gasteiger partial charge in [0.25, 0.3) is 0 Å². The molecule has 1 aromatic carbocycles. The minimum atomic E-state index is -4.63. The van der Waals surface area contributed by atoms with E-state index in [4.69, 9.17) is 16.7 Å². The van der Waals surface area contributed by atoms with Crippen LogP contribution in [0.25, 0.3) is 0 Å². The maximum Gasteiger partial charge on any atom is 0.416 e. The molecule has 1 saturated heterocycles. The van der Waals surface area contributed by atoms with Crippen LogP contribution in [-0.2, 0) is 21.0 Å². The number of rotatable bonds is 3. The van der Waals surface area contributed by atoms with Gasteiger partial charge in [-0.2, -0.15) is 17.5 Å². The Balaban J connectivity index is 2.34. The number of hydrogen-bond donors (Lipinski definition) is 1. The van der Waals surface area contributed by atoms with Crippen molar-refractivity contribution >= 4 is 27.6 Å². The Hall–Kier alpha value is -1.32. The first-order chi connectivity index (χ1) is 10.5. The molecule has 0 spiro atoms. The predicted molar refractivity (Wildman–Crippen MR) is 75.6 cm³/mol. The summed E-state index contributed by atoms with van der Waals surface area (Å²) in [5.74, 6) is -1.95. The van der Waals surface area contributed by atoms with Crippen molar-refractivity contribution in [1.82, 2.24) is 4.31 Å². The number of carbonyl (C=O) groups is 1. The van der Waals surface area contributed by atoms with Gasteiger partial charge in [-0.15, -0.1) is 0 Å². The number of piperidine rings is 1. The molecule has 0 radical (unpaired) electrons. The molecule has 1 fully saturated rings. The van der Waals surface area contributed by atoms with Gasteiger partial charge >= 0.3 is 12.1 Å². The van der Waals surface area contributed by atoms with Crippen LogP contribution in [0.15, 0.2) is 23.1 Å². The van der Waals surface area contributed by atoms with Gasteiger partial charge < -0.3 is 5.11 Å². The van der Waals surface area contributed by atoms with E-state index >= 15 is 0 Å². The van der Waals surface area contributed by atoms with Crippen LogP contribution in [-0.4, -0.2) is 36.9 Å². The first kappa shape index (κ1) is 18.0. The summed E-state index contributed by atoms with van der Waals surface area (Å²) in [6.07, 6.45) is -3.93. The molecule has 23 heavy (non-hydrogen) atoms. The largest absolute Gasteiger partial charge is 0.481 e. The lowest BCUT2D eigenvalue weighted by Gasteiger charge is -2.30. The molecular formula is C13H13ClF3NO4S. The zero-order valence-corrected chi connectivity index (χ0v) is 13.2. The highest BCUT2D eigenvalue weighted by Crippen LogP contribution is 2.35. The van der Waals surface area contributed by atoms with Gasteiger partial charge in [0, 0.05) is 13.1 Å². The van der Waals surface area contributed by atoms with Gasteiger partial charge in [-0.1, -0.05) is 11.6 Å². The maximum absolute atomic E-state index is 12.6. The van der Waals surface area contributed by atoms with E-state index in [-0.39, 0.29) is 13.1 Å². The maximum atomic E-state index is 12.6. The Morgan fingerprint density at radius 3 is 2.52 bits per heavy atom. The second-order valence-corrected chi connectivity index (χ2v) is 7.50. The van der Waals surface area contributed by atoms with E-state index < -0.39 is 43.6 Å². The number of nitrogens with zero attached hydrogens (tertiary/aromatic N) is 1. The standard InChI is InChI=1S/C13H13ClF3NO4S/c14-10-6-9(13(15,16)17)3-4-11(10)23(21,22)18-5-1-2-8(7-18)12(19)20/h3-4,6,8H,1-2,5,7H2,(H,19,20). The Kier molecular flexibility index (Phi) is 4.93. The molecule has 5 nitrogen and oxygen atoms in total. The topological polar surface area (TPSA) is 74.7 Å². The highest BCUT2D eigenvalue weighted by molar-refractivity contribution is 7.89. The molecule has 128 valence electrons. The molecule has 1 aromatic rings. The quantitative estimate of drug-likeness (QED) is 0.886. The lowest BCUT2D eigenvalue weighted by molar-refractivity contribution is -0.143. The van der Waals surface area contributed by atoms with Gasteiger partial charge in [0.05, 0.1) is 16.5 Å². The molecular weight excluding hydrogens is 359 g/mol. The van der Waals surface area contributed by atoms with Crippen LogP contribution in [0, 0.1) is 5.92 Å². The third-order valence-electron chi connectivity index (χ3n) is 3.61.